The molecule has 5 aromatic carbocycles. The number of phenolic OH excluding ortho intramolecular Hbond substituents is 2. The van der Waals surface area contributed by atoms with Crippen molar-refractivity contribution in [3.8, 4) is 11.5 Å². The van der Waals surface area contributed by atoms with Crippen LogP contribution >= 0.6 is 0 Å². The average Bonchev–Trinajstić information content (AvgIpc) is 2.90. The lowest BCUT2D eigenvalue weighted by molar-refractivity contribution is 0.0986. The molecule has 2 amide bonds. The predicted octanol–water partition coefficient (Wildman–Crippen LogP) is 5.96. The fourth-order valence-electron chi connectivity index (χ4n) is 4.26. The third-order valence-electron chi connectivity index (χ3n) is 6.36. The second-order valence-electron chi connectivity index (χ2n) is 8.74. The minimum Gasteiger partial charge on any atom is -0.508 e. The van der Waals surface area contributed by atoms with E-state index in [0.717, 1.165) is 21.5 Å². The summed E-state index contributed by atoms with van der Waals surface area (Å²) < 4.78 is 0. The van der Waals surface area contributed by atoms with Crippen molar-refractivity contribution in [1.29, 1.82) is 0 Å². The van der Waals surface area contributed by atoms with Gasteiger partial charge in [-0.1, -0.05) is 30.3 Å². The first-order valence-corrected chi connectivity index (χ1v) is 11.4. The van der Waals surface area contributed by atoms with E-state index in [1.165, 1.54) is 0 Å². The molecule has 0 bridgehead atoms. The van der Waals surface area contributed by atoms with Gasteiger partial charge in [-0.3, -0.25) is 9.59 Å². The van der Waals surface area contributed by atoms with Gasteiger partial charge in [0.05, 0.1) is 0 Å². The van der Waals surface area contributed by atoms with E-state index < -0.39 is 0 Å². The van der Waals surface area contributed by atoms with Gasteiger partial charge in [-0.05, 0) is 88.3 Å². The van der Waals surface area contributed by atoms with Crippen LogP contribution in [0.2, 0.25) is 0 Å². The molecule has 0 aliphatic carbocycles. The second kappa shape index (κ2) is 9.07. The molecule has 0 unspecified atom stereocenters. The highest BCUT2D eigenvalue weighted by Crippen LogP contribution is 2.27. The molecule has 5 rings (SSSR count). The van der Waals surface area contributed by atoms with Crippen LogP contribution in [0.1, 0.15) is 20.7 Å². The molecule has 0 radical (unpaired) electrons. The number of carbonyl (C=O) groups is 2. The summed E-state index contributed by atoms with van der Waals surface area (Å²) in [6.45, 7) is 0. The lowest BCUT2D eigenvalue weighted by Gasteiger charge is -2.22. The van der Waals surface area contributed by atoms with Gasteiger partial charge in [0, 0.05) is 36.6 Å². The summed E-state index contributed by atoms with van der Waals surface area (Å²) in [4.78, 5) is 29.5. The Balaban J connectivity index is 1.39. The molecule has 0 aliphatic heterocycles. The first-order valence-electron chi connectivity index (χ1n) is 11.4. The first-order chi connectivity index (χ1) is 17.3. The largest absolute Gasteiger partial charge is 0.508 e. The summed E-state index contributed by atoms with van der Waals surface area (Å²) in [7, 11) is 3.39. The number of benzene rings is 5. The summed E-state index contributed by atoms with van der Waals surface area (Å²) in [5.74, 6) is -0.0166. The number of aromatic hydroxyl groups is 2. The molecule has 178 valence electrons. The third kappa shape index (κ3) is 4.32. The number of carbonyl (C=O) groups excluding carboxylic acids is 2. The van der Waals surface area contributed by atoms with E-state index in [-0.39, 0.29) is 23.3 Å². The molecular formula is C30H24N2O4. The molecule has 6 nitrogen and oxygen atoms in total. The highest BCUT2D eigenvalue weighted by Gasteiger charge is 2.18. The minimum absolute atomic E-state index is 0.178. The van der Waals surface area contributed by atoms with Crippen LogP contribution in [-0.4, -0.2) is 36.1 Å². The van der Waals surface area contributed by atoms with Crippen molar-refractivity contribution in [3.05, 3.63) is 108 Å². The Bertz CT molecular complexity index is 1530. The number of amides is 2. The maximum absolute atomic E-state index is 13.2. The monoisotopic (exact) mass is 476 g/mol. The molecule has 0 atom stereocenters. The first kappa shape index (κ1) is 22.9. The van der Waals surface area contributed by atoms with E-state index in [1.54, 1.807) is 90.6 Å². The average molecular weight is 477 g/mol. The molecule has 0 heterocycles. The molecule has 0 aliphatic rings. The Hall–Kier alpha value is -4.84. The van der Waals surface area contributed by atoms with Gasteiger partial charge in [-0.15, -0.1) is 0 Å². The second-order valence-corrected chi connectivity index (χ2v) is 8.74. The normalized spacial score (nSPS) is 10.9. The van der Waals surface area contributed by atoms with Crippen molar-refractivity contribution in [2.75, 3.05) is 23.9 Å². The van der Waals surface area contributed by atoms with Crippen molar-refractivity contribution in [2.45, 2.75) is 0 Å². The zero-order chi connectivity index (χ0) is 25.4. The highest BCUT2D eigenvalue weighted by atomic mass is 16.3. The fourth-order valence-corrected chi connectivity index (χ4v) is 4.26. The molecular weight excluding hydrogens is 452 g/mol. The standard InChI is InChI=1S/C30H24N2O4/c1-31(29(35)23-8-6-21-16-27(33)12-10-19(21)14-23)25-4-3-5-26(18-25)32(2)30(36)24-9-7-22-17-28(34)13-11-20(22)15-24/h3-18,33-34H,1-2H3. The van der Waals surface area contributed by atoms with Gasteiger partial charge >= 0.3 is 0 Å². The van der Waals surface area contributed by atoms with Gasteiger partial charge in [0.15, 0.2) is 0 Å². The van der Waals surface area contributed by atoms with Crippen LogP contribution in [0.4, 0.5) is 11.4 Å². The van der Waals surface area contributed by atoms with E-state index in [0.29, 0.717) is 22.5 Å². The maximum Gasteiger partial charge on any atom is 0.258 e. The van der Waals surface area contributed by atoms with E-state index in [4.69, 9.17) is 0 Å². The topological polar surface area (TPSA) is 81.1 Å². The van der Waals surface area contributed by atoms with Crippen molar-refractivity contribution in [2.24, 2.45) is 0 Å². The SMILES string of the molecule is CN(C(=O)c1ccc2cc(O)ccc2c1)c1cccc(N(C)C(=O)c2ccc3cc(O)ccc3c2)c1. The summed E-state index contributed by atoms with van der Waals surface area (Å²) in [6.07, 6.45) is 0. The van der Waals surface area contributed by atoms with Gasteiger partial charge in [0.1, 0.15) is 11.5 Å². The van der Waals surface area contributed by atoms with Crippen LogP contribution in [0.5, 0.6) is 11.5 Å². The van der Waals surface area contributed by atoms with Gasteiger partial charge in [-0.25, -0.2) is 0 Å². The number of nitrogens with zero attached hydrogens (tertiary/aromatic N) is 2. The van der Waals surface area contributed by atoms with E-state index in [2.05, 4.69) is 0 Å². The van der Waals surface area contributed by atoms with Crippen LogP contribution in [0.3, 0.4) is 0 Å². The quantitative estimate of drug-likeness (QED) is 0.336. The number of hydrogen-bond acceptors (Lipinski definition) is 4. The van der Waals surface area contributed by atoms with Gasteiger partial charge in [0.25, 0.3) is 11.8 Å². The van der Waals surface area contributed by atoms with Crippen LogP contribution in [-0.2, 0) is 0 Å². The third-order valence-corrected chi connectivity index (χ3v) is 6.36. The molecule has 5 aromatic rings. The van der Waals surface area contributed by atoms with Crippen LogP contribution in [0.15, 0.2) is 97.1 Å². The molecule has 36 heavy (non-hydrogen) atoms. The van der Waals surface area contributed by atoms with E-state index in [9.17, 15) is 19.8 Å². The van der Waals surface area contributed by atoms with Crippen molar-refractivity contribution in [1.82, 2.24) is 0 Å². The highest BCUT2D eigenvalue weighted by molar-refractivity contribution is 6.10. The summed E-state index contributed by atoms with van der Waals surface area (Å²) >= 11 is 0. The molecule has 2 N–H and O–H groups in total. The summed E-state index contributed by atoms with van der Waals surface area (Å²) in [5.41, 5.74) is 2.34. The number of fused-ring (bicyclic) bond motifs is 2. The van der Waals surface area contributed by atoms with Crippen LogP contribution < -0.4 is 9.80 Å². The molecule has 0 spiro atoms. The van der Waals surface area contributed by atoms with Crippen molar-refractivity contribution in [3.63, 3.8) is 0 Å². The van der Waals surface area contributed by atoms with Gasteiger partial charge < -0.3 is 20.0 Å². The fraction of sp³-hybridized carbons (Fsp3) is 0.0667. The number of anilines is 2. The Morgan fingerprint density at radius 1 is 0.528 bits per heavy atom. The van der Waals surface area contributed by atoms with Crippen molar-refractivity contribution >= 4 is 44.7 Å². The number of hydrogen-bond donors (Lipinski definition) is 2. The Labute approximate surface area is 208 Å². The summed E-state index contributed by atoms with van der Waals surface area (Å²) in [5, 5.41) is 22.8. The minimum atomic E-state index is -0.186. The zero-order valence-electron chi connectivity index (χ0n) is 19.8. The molecule has 0 fully saturated rings. The Kier molecular flexibility index (Phi) is 5.78. The molecule has 0 saturated heterocycles. The van der Waals surface area contributed by atoms with Gasteiger partial charge in [-0.2, -0.15) is 0 Å². The lowest BCUT2D eigenvalue weighted by atomic mass is 10.1. The predicted molar refractivity (Wildman–Crippen MR) is 143 cm³/mol. The Morgan fingerprint density at radius 2 is 0.917 bits per heavy atom. The number of rotatable bonds is 4. The van der Waals surface area contributed by atoms with Gasteiger partial charge in [0.2, 0.25) is 0 Å². The molecule has 0 saturated carbocycles. The number of phenols is 2. The Morgan fingerprint density at radius 3 is 1.36 bits per heavy atom. The van der Waals surface area contributed by atoms with E-state index >= 15 is 0 Å². The maximum atomic E-state index is 13.2. The van der Waals surface area contributed by atoms with Crippen LogP contribution in [0.25, 0.3) is 21.5 Å². The van der Waals surface area contributed by atoms with Crippen LogP contribution in [0, 0.1) is 0 Å². The lowest BCUT2D eigenvalue weighted by Crippen LogP contribution is -2.28. The summed E-state index contributed by atoms with van der Waals surface area (Å²) in [6, 6.07) is 28.0. The molecule has 6 heteroatoms. The smallest absolute Gasteiger partial charge is 0.258 e. The zero-order valence-corrected chi connectivity index (χ0v) is 19.8. The van der Waals surface area contributed by atoms with Crippen molar-refractivity contribution < 1.29 is 19.8 Å². The molecule has 0 aromatic heterocycles. The van der Waals surface area contributed by atoms with E-state index in [1.807, 2.05) is 30.3 Å².